The summed E-state index contributed by atoms with van der Waals surface area (Å²) in [6, 6.07) is 11.0. The molecule has 1 unspecified atom stereocenters. The second-order valence-electron chi connectivity index (χ2n) is 5.32. The molecule has 0 aliphatic heterocycles. The maximum Gasteiger partial charge on any atom is 0.0483 e. The van der Waals surface area contributed by atoms with Gasteiger partial charge in [-0.15, -0.1) is 0 Å². The van der Waals surface area contributed by atoms with Gasteiger partial charge < -0.3 is 10.3 Å². The molecule has 1 aliphatic rings. The van der Waals surface area contributed by atoms with Crippen LogP contribution < -0.4 is 5.73 Å². The summed E-state index contributed by atoms with van der Waals surface area (Å²) < 4.78 is 2.43. The third-order valence-electron chi connectivity index (χ3n) is 3.97. The van der Waals surface area contributed by atoms with E-state index in [2.05, 4.69) is 41.8 Å². The summed E-state index contributed by atoms with van der Waals surface area (Å²) in [5, 5.41) is 1.32. The summed E-state index contributed by atoms with van der Waals surface area (Å²) in [7, 11) is 0. The molecule has 0 bridgehead atoms. The van der Waals surface area contributed by atoms with Crippen LogP contribution in [-0.4, -0.2) is 4.57 Å². The standard InChI is InChI=1S/C15H20N2/c1-11(16)15-9-13-7-2-3-8-14(13)17(15)10-12-5-4-6-12/h2-3,7-9,11-12H,4-6,10,16H2,1H3. The smallest absolute Gasteiger partial charge is 0.0483 e. The fourth-order valence-electron chi connectivity index (χ4n) is 2.75. The molecule has 90 valence electrons. The van der Waals surface area contributed by atoms with Crippen molar-refractivity contribution >= 4 is 10.9 Å². The van der Waals surface area contributed by atoms with Crippen molar-refractivity contribution in [1.29, 1.82) is 0 Å². The Morgan fingerprint density at radius 1 is 1.35 bits per heavy atom. The minimum absolute atomic E-state index is 0.113. The van der Waals surface area contributed by atoms with E-state index in [-0.39, 0.29) is 6.04 Å². The molecular weight excluding hydrogens is 208 g/mol. The lowest BCUT2D eigenvalue weighted by Gasteiger charge is -2.27. The molecular formula is C15H20N2. The van der Waals surface area contributed by atoms with E-state index in [1.165, 1.54) is 35.9 Å². The Morgan fingerprint density at radius 2 is 2.12 bits per heavy atom. The Hall–Kier alpha value is -1.28. The van der Waals surface area contributed by atoms with Crippen LogP contribution in [0.1, 0.15) is 37.9 Å². The van der Waals surface area contributed by atoms with Gasteiger partial charge in [-0.3, -0.25) is 0 Å². The van der Waals surface area contributed by atoms with Gasteiger partial charge in [-0.05, 0) is 43.2 Å². The van der Waals surface area contributed by atoms with Crippen LogP contribution in [0.5, 0.6) is 0 Å². The Bertz CT molecular complexity index is 521. The lowest BCUT2D eigenvalue weighted by molar-refractivity contribution is 0.276. The molecule has 0 spiro atoms. The van der Waals surface area contributed by atoms with Crippen LogP contribution in [0.3, 0.4) is 0 Å². The summed E-state index contributed by atoms with van der Waals surface area (Å²) in [4.78, 5) is 0. The third kappa shape index (κ3) is 1.87. The second-order valence-corrected chi connectivity index (χ2v) is 5.32. The van der Waals surface area contributed by atoms with Crippen molar-refractivity contribution in [2.24, 2.45) is 11.7 Å². The molecule has 2 aromatic rings. The van der Waals surface area contributed by atoms with Crippen molar-refractivity contribution < 1.29 is 0 Å². The number of nitrogens with zero attached hydrogens (tertiary/aromatic N) is 1. The van der Waals surface area contributed by atoms with E-state index < -0.39 is 0 Å². The van der Waals surface area contributed by atoms with Crippen molar-refractivity contribution in [3.8, 4) is 0 Å². The van der Waals surface area contributed by atoms with Crippen LogP contribution in [0.15, 0.2) is 30.3 Å². The number of para-hydroxylation sites is 1. The number of hydrogen-bond acceptors (Lipinski definition) is 1. The molecule has 2 heteroatoms. The molecule has 1 atom stereocenters. The first-order valence-electron chi connectivity index (χ1n) is 6.59. The maximum atomic E-state index is 6.09. The van der Waals surface area contributed by atoms with Gasteiger partial charge in [0.1, 0.15) is 0 Å². The summed E-state index contributed by atoms with van der Waals surface area (Å²) in [5.41, 5.74) is 8.71. The molecule has 2 nitrogen and oxygen atoms in total. The van der Waals surface area contributed by atoms with Gasteiger partial charge in [0, 0.05) is 23.8 Å². The van der Waals surface area contributed by atoms with Crippen LogP contribution in [0.2, 0.25) is 0 Å². The van der Waals surface area contributed by atoms with Crippen LogP contribution >= 0.6 is 0 Å². The molecule has 1 aromatic carbocycles. The number of rotatable bonds is 3. The van der Waals surface area contributed by atoms with Gasteiger partial charge in [-0.2, -0.15) is 0 Å². The number of aromatic nitrogens is 1. The van der Waals surface area contributed by atoms with Crippen molar-refractivity contribution in [2.75, 3.05) is 0 Å². The van der Waals surface area contributed by atoms with Crippen molar-refractivity contribution in [2.45, 2.75) is 38.8 Å². The van der Waals surface area contributed by atoms with Crippen LogP contribution in [0.4, 0.5) is 0 Å². The molecule has 0 amide bonds. The van der Waals surface area contributed by atoms with Crippen molar-refractivity contribution in [3.05, 3.63) is 36.0 Å². The van der Waals surface area contributed by atoms with E-state index in [1.807, 2.05) is 0 Å². The minimum atomic E-state index is 0.113. The molecule has 0 radical (unpaired) electrons. The summed E-state index contributed by atoms with van der Waals surface area (Å²) in [6.07, 6.45) is 4.16. The zero-order valence-electron chi connectivity index (χ0n) is 10.4. The largest absolute Gasteiger partial charge is 0.343 e. The first-order chi connectivity index (χ1) is 8.25. The van der Waals surface area contributed by atoms with E-state index in [1.54, 1.807) is 0 Å². The third-order valence-corrected chi connectivity index (χ3v) is 3.97. The Balaban J connectivity index is 2.06. The van der Waals surface area contributed by atoms with E-state index >= 15 is 0 Å². The van der Waals surface area contributed by atoms with Crippen LogP contribution in [-0.2, 0) is 6.54 Å². The Morgan fingerprint density at radius 3 is 2.76 bits per heavy atom. The Labute approximate surface area is 102 Å². The number of hydrogen-bond donors (Lipinski definition) is 1. The fourth-order valence-corrected chi connectivity index (χ4v) is 2.75. The highest BCUT2D eigenvalue weighted by Crippen LogP contribution is 2.31. The lowest BCUT2D eigenvalue weighted by Crippen LogP contribution is -2.21. The predicted octanol–water partition coefficient (Wildman–Crippen LogP) is 3.46. The molecule has 1 heterocycles. The quantitative estimate of drug-likeness (QED) is 0.857. The molecule has 1 aromatic heterocycles. The summed E-state index contributed by atoms with van der Waals surface area (Å²) in [6.45, 7) is 3.22. The first-order valence-corrected chi connectivity index (χ1v) is 6.59. The maximum absolute atomic E-state index is 6.09. The SMILES string of the molecule is CC(N)c1cc2ccccc2n1CC1CCC1. The van der Waals surface area contributed by atoms with Crippen LogP contribution in [0.25, 0.3) is 10.9 Å². The van der Waals surface area contributed by atoms with Crippen molar-refractivity contribution in [1.82, 2.24) is 4.57 Å². The molecule has 0 saturated heterocycles. The number of fused-ring (bicyclic) bond motifs is 1. The summed E-state index contributed by atoms with van der Waals surface area (Å²) in [5.74, 6) is 0.864. The summed E-state index contributed by atoms with van der Waals surface area (Å²) >= 11 is 0. The van der Waals surface area contributed by atoms with Crippen molar-refractivity contribution in [3.63, 3.8) is 0 Å². The van der Waals surface area contributed by atoms with Gasteiger partial charge in [0.2, 0.25) is 0 Å². The van der Waals surface area contributed by atoms with Gasteiger partial charge in [0.25, 0.3) is 0 Å². The monoisotopic (exact) mass is 228 g/mol. The normalized spacial score (nSPS) is 18.2. The second kappa shape index (κ2) is 4.19. The topological polar surface area (TPSA) is 30.9 Å². The zero-order chi connectivity index (χ0) is 11.8. The molecule has 1 aliphatic carbocycles. The van der Waals surface area contributed by atoms with E-state index in [0.717, 1.165) is 12.5 Å². The predicted molar refractivity (Wildman–Crippen MR) is 71.9 cm³/mol. The average Bonchev–Trinajstić information content (AvgIpc) is 2.62. The van der Waals surface area contributed by atoms with Gasteiger partial charge in [-0.25, -0.2) is 0 Å². The molecule has 17 heavy (non-hydrogen) atoms. The fraction of sp³-hybridized carbons (Fsp3) is 0.467. The highest BCUT2D eigenvalue weighted by atomic mass is 15.0. The minimum Gasteiger partial charge on any atom is -0.343 e. The van der Waals surface area contributed by atoms with Gasteiger partial charge in [-0.1, -0.05) is 24.6 Å². The molecule has 2 N–H and O–H groups in total. The highest BCUT2D eigenvalue weighted by Gasteiger charge is 2.20. The average molecular weight is 228 g/mol. The molecule has 1 fully saturated rings. The Kier molecular flexibility index (Phi) is 2.67. The lowest BCUT2D eigenvalue weighted by atomic mass is 9.85. The number of nitrogens with two attached hydrogens (primary N) is 1. The molecule has 1 saturated carbocycles. The molecule has 3 rings (SSSR count). The van der Waals surface area contributed by atoms with E-state index in [0.29, 0.717) is 0 Å². The first kappa shape index (κ1) is 10.8. The van der Waals surface area contributed by atoms with Crippen LogP contribution in [0, 0.1) is 5.92 Å². The van der Waals surface area contributed by atoms with Gasteiger partial charge >= 0.3 is 0 Å². The van der Waals surface area contributed by atoms with Gasteiger partial charge in [0.15, 0.2) is 0 Å². The number of benzene rings is 1. The van der Waals surface area contributed by atoms with Gasteiger partial charge in [0.05, 0.1) is 0 Å². The van der Waals surface area contributed by atoms with E-state index in [4.69, 9.17) is 5.73 Å². The zero-order valence-corrected chi connectivity index (χ0v) is 10.4. The highest BCUT2D eigenvalue weighted by molar-refractivity contribution is 5.81. The van der Waals surface area contributed by atoms with E-state index in [9.17, 15) is 0 Å².